The summed E-state index contributed by atoms with van der Waals surface area (Å²) in [5.74, 6) is 0. The number of rotatable bonds is 1. The summed E-state index contributed by atoms with van der Waals surface area (Å²) < 4.78 is 0. The summed E-state index contributed by atoms with van der Waals surface area (Å²) in [6.07, 6.45) is 0. The van der Waals surface area contributed by atoms with Crippen LogP contribution in [0.1, 0.15) is 27.8 Å². The van der Waals surface area contributed by atoms with Gasteiger partial charge in [-0.05, 0) is 55.5 Å². The van der Waals surface area contributed by atoms with Crippen LogP contribution in [0.15, 0.2) is 6.07 Å². The van der Waals surface area contributed by atoms with Gasteiger partial charge in [0.15, 0.2) is 0 Å². The van der Waals surface area contributed by atoms with Crippen LogP contribution in [0.25, 0.3) is 0 Å². The van der Waals surface area contributed by atoms with E-state index in [1.807, 2.05) is 6.92 Å². The van der Waals surface area contributed by atoms with E-state index in [9.17, 15) is 0 Å². The molecule has 0 atom stereocenters. The van der Waals surface area contributed by atoms with Crippen molar-refractivity contribution in [1.29, 1.82) is 0 Å². The van der Waals surface area contributed by atoms with Gasteiger partial charge in [0.1, 0.15) is 0 Å². The van der Waals surface area contributed by atoms with E-state index in [0.717, 1.165) is 5.56 Å². The van der Waals surface area contributed by atoms with Gasteiger partial charge in [0, 0.05) is 0 Å². The van der Waals surface area contributed by atoms with E-state index in [-0.39, 0.29) is 6.61 Å². The molecule has 0 radical (unpaired) electrons. The van der Waals surface area contributed by atoms with Gasteiger partial charge in [0.25, 0.3) is 0 Å². The van der Waals surface area contributed by atoms with Gasteiger partial charge >= 0.3 is 0 Å². The van der Waals surface area contributed by atoms with E-state index in [0.29, 0.717) is 0 Å². The molecule has 0 fully saturated rings. The van der Waals surface area contributed by atoms with E-state index in [1.54, 1.807) is 0 Å². The van der Waals surface area contributed by atoms with Gasteiger partial charge in [-0.15, -0.1) is 0 Å². The molecule has 1 N–H and O–H groups in total. The Morgan fingerprint density at radius 1 is 1.00 bits per heavy atom. The Kier molecular flexibility index (Phi) is 2.53. The van der Waals surface area contributed by atoms with Crippen LogP contribution >= 0.6 is 0 Å². The molecule has 0 unspecified atom stereocenters. The number of aryl methyl sites for hydroxylation is 2. The molecule has 66 valence electrons. The van der Waals surface area contributed by atoms with Crippen LogP contribution in [0.4, 0.5) is 0 Å². The minimum absolute atomic E-state index is 0.152. The number of benzene rings is 1. The quantitative estimate of drug-likeness (QED) is 0.675. The molecule has 1 aromatic rings. The van der Waals surface area contributed by atoms with Crippen molar-refractivity contribution in [1.82, 2.24) is 0 Å². The zero-order valence-corrected chi connectivity index (χ0v) is 8.23. The first-order valence-corrected chi connectivity index (χ1v) is 4.25. The fourth-order valence-corrected chi connectivity index (χ4v) is 1.58. The lowest BCUT2D eigenvalue weighted by Gasteiger charge is -2.12. The Balaban J connectivity index is 3.40. The molecule has 1 nitrogen and oxygen atoms in total. The molecule has 0 aliphatic carbocycles. The molecule has 0 saturated heterocycles. The van der Waals surface area contributed by atoms with Gasteiger partial charge in [0.05, 0.1) is 6.61 Å². The lowest BCUT2D eigenvalue weighted by Crippen LogP contribution is -1.98. The minimum Gasteiger partial charge on any atom is -0.392 e. The number of aliphatic hydroxyl groups is 1. The molecule has 0 aromatic heterocycles. The first-order chi connectivity index (χ1) is 5.57. The Bertz CT molecular complexity index is 300. The summed E-state index contributed by atoms with van der Waals surface area (Å²) >= 11 is 0. The lowest BCUT2D eigenvalue weighted by atomic mass is 9.95. The second kappa shape index (κ2) is 3.28. The normalized spacial score (nSPS) is 10.4. The molecule has 0 saturated carbocycles. The molecule has 0 amide bonds. The van der Waals surface area contributed by atoms with Crippen molar-refractivity contribution in [3.8, 4) is 0 Å². The van der Waals surface area contributed by atoms with Gasteiger partial charge in [-0.3, -0.25) is 0 Å². The molecular formula is C11H16O. The van der Waals surface area contributed by atoms with Crippen molar-refractivity contribution < 1.29 is 5.11 Å². The van der Waals surface area contributed by atoms with E-state index in [4.69, 9.17) is 5.11 Å². The van der Waals surface area contributed by atoms with Crippen LogP contribution in [0.5, 0.6) is 0 Å². The zero-order chi connectivity index (χ0) is 9.30. The van der Waals surface area contributed by atoms with Crippen molar-refractivity contribution in [2.24, 2.45) is 0 Å². The summed E-state index contributed by atoms with van der Waals surface area (Å²) in [6, 6.07) is 2.13. The Morgan fingerprint density at radius 3 is 2.08 bits per heavy atom. The zero-order valence-electron chi connectivity index (χ0n) is 8.23. The maximum atomic E-state index is 9.11. The van der Waals surface area contributed by atoms with Gasteiger partial charge in [-0.25, -0.2) is 0 Å². The molecule has 1 heteroatoms. The average molecular weight is 164 g/mol. The Morgan fingerprint density at radius 2 is 1.58 bits per heavy atom. The fourth-order valence-electron chi connectivity index (χ4n) is 1.58. The highest BCUT2D eigenvalue weighted by Crippen LogP contribution is 2.20. The first-order valence-electron chi connectivity index (χ1n) is 4.25. The highest BCUT2D eigenvalue weighted by atomic mass is 16.3. The van der Waals surface area contributed by atoms with Crippen molar-refractivity contribution in [2.45, 2.75) is 34.3 Å². The summed E-state index contributed by atoms with van der Waals surface area (Å²) in [5, 5.41) is 9.11. The second-order valence-corrected chi connectivity index (χ2v) is 3.40. The second-order valence-electron chi connectivity index (χ2n) is 3.40. The first kappa shape index (κ1) is 9.27. The molecule has 0 heterocycles. The maximum Gasteiger partial charge on any atom is 0.0687 e. The number of hydrogen-bond acceptors (Lipinski definition) is 1. The van der Waals surface area contributed by atoms with Crippen LogP contribution in [0.2, 0.25) is 0 Å². The molecular weight excluding hydrogens is 148 g/mol. The number of aliphatic hydroxyl groups excluding tert-OH is 1. The molecule has 1 rings (SSSR count). The topological polar surface area (TPSA) is 20.2 Å². The predicted molar refractivity (Wildman–Crippen MR) is 51.3 cm³/mol. The molecule has 12 heavy (non-hydrogen) atoms. The van der Waals surface area contributed by atoms with Crippen molar-refractivity contribution in [3.05, 3.63) is 33.9 Å². The minimum atomic E-state index is 0.152. The van der Waals surface area contributed by atoms with Crippen molar-refractivity contribution in [3.63, 3.8) is 0 Å². The standard InChI is InChI=1S/C11H16O/c1-7-5-8(2)11(6-12)10(4)9(7)3/h5,12H,6H2,1-4H3. The molecule has 0 spiro atoms. The van der Waals surface area contributed by atoms with Crippen LogP contribution < -0.4 is 0 Å². The predicted octanol–water partition coefficient (Wildman–Crippen LogP) is 2.41. The molecule has 0 bridgehead atoms. The van der Waals surface area contributed by atoms with Crippen molar-refractivity contribution >= 4 is 0 Å². The SMILES string of the molecule is Cc1cc(C)c(CO)c(C)c1C. The highest BCUT2D eigenvalue weighted by molar-refractivity contribution is 5.43. The largest absolute Gasteiger partial charge is 0.392 e. The van der Waals surface area contributed by atoms with E-state index in [2.05, 4.69) is 26.8 Å². The maximum absolute atomic E-state index is 9.11. The summed E-state index contributed by atoms with van der Waals surface area (Å²) in [7, 11) is 0. The Hall–Kier alpha value is -0.820. The summed E-state index contributed by atoms with van der Waals surface area (Å²) in [5.41, 5.74) is 6.11. The number of hydrogen-bond donors (Lipinski definition) is 1. The third kappa shape index (κ3) is 1.37. The van der Waals surface area contributed by atoms with Crippen molar-refractivity contribution in [2.75, 3.05) is 0 Å². The third-order valence-corrected chi connectivity index (χ3v) is 2.67. The van der Waals surface area contributed by atoms with Crippen LogP contribution in [-0.2, 0) is 6.61 Å². The van der Waals surface area contributed by atoms with Gasteiger partial charge in [0.2, 0.25) is 0 Å². The van der Waals surface area contributed by atoms with Gasteiger partial charge in [-0.2, -0.15) is 0 Å². The third-order valence-electron chi connectivity index (χ3n) is 2.67. The smallest absolute Gasteiger partial charge is 0.0687 e. The summed E-state index contributed by atoms with van der Waals surface area (Å²) in [6.45, 7) is 8.48. The van der Waals surface area contributed by atoms with E-state index < -0.39 is 0 Å². The fraction of sp³-hybridized carbons (Fsp3) is 0.455. The molecule has 0 aliphatic heterocycles. The molecule has 1 aromatic carbocycles. The lowest BCUT2D eigenvalue weighted by molar-refractivity contribution is 0.280. The van der Waals surface area contributed by atoms with E-state index in [1.165, 1.54) is 22.3 Å². The summed E-state index contributed by atoms with van der Waals surface area (Å²) in [4.78, 5) is 0. The highest BCUT2D eigenvalue weighted by Gasteiger charge is 2.05. The van der Waals surface area contributed by atoms with Gasteiger partial charge in [-0.1, -0.05) is 6.07 Å². The average Bonchev–Trinajstić information content (AvgIpc) is 2.01. The monoisotopic (exact) mass is 164 g/mol. The van der Waals surface area contributed by atoms with Crippen LogP contribution in [-0.4, -0.2) is 5.11 Å². The Labute approximate surface area is 74.1 Å². The van der Waals surface area contributed by atoms with Gasteiger partial charge < -0.3 is 5.11 Å². The molecule has 0 aliphatic rings. The van der Waals surface area contributed by atoms with Crippen LogP contribution in [0, 0.1) is 27.7 Å². The van der Waals surface area contributed by atoms with E-state index >= 15 is 0 Å². The van der Waals surface area contributed by atoms with Crippen LogP contribution in [0.3, 0.4) is 0 Å².